The Hall–Kier alpha value is -3.69. The number of aromatic amines is 1. The van der Waals surface area contributed by atoms with E-state index in [0.717, 1.165) is 79.5 Å². The van der Waals surface area contributed by atoms with Crippen molar-refractivity contribution in [3.63, 3.8) is 0 Å². The summed E-state index contributed by atoms with van der Waals surface area (Å²) in [6, 6.07) is 12.3. The van der Waals surface area contributed by atoms with Crippen LogP contribution in [-0.2, 0) is 0 Å². The van der Waals surface area contributed by atoms with Gasteiger partial charge in [0.05, 0.1) is 16.9 Å². The van der Waals surface area contributed by atoms with Gasteiger partial charge in [0.15, 0.2) is 5.65 Å². The Morgan fingerprint density at radius 1 is 1.03 bits per heavy atom. The summed E-state index contributed by atoms with van der Waals surface area (Å²) in [6.45, 7) is 8.44. The minimum atomic E-state index is 0.0614. The van der Waals surface area contributed by atoms with Crippen molar-refractivity contribution in [3.8, 4) is 11.4 Å². The van der Waals surface area contributed by atoms with Gasteiger partial charge < -0.3 is 25.0 Å². The van der Waals surface area contributed by atoms with Gasteiger partial charge in [-0.2, -0.15) is 0 Å². The first-order valence-corrected chi connectivity index (χ1v) is 14.0. The van der Waals surface area contributed by atoms with Gasteiger partial charge >= 0.3 is 0 Å². The van der Waals surface area contributed by atoms with Gasteiger partial charge in [0, 0.05) is 74.5 Å². The molecule has 0 atom stereocenters. The van der Waals surface area contributed by atoms with Crippen molar-refractivity contribution >= 4 is 40.0 Å². The number of nitrogens with one attached hydrogen (secondary N) is 2. The number of rotatable bonds is 6. The van der Waals surface area contributed by atoms with E-state index in [9.17, 15) is 4.79 Å². The van der Waals surface area contributed by atoms with E-state index in [1.54, 1.807) is 30.7 Å². The molecule has 0 unspecified atom stereocenters. The van der Waals surface area contributed by atoms with Crippen LogP contribution in [0.25, 0.3) is 22.6 Å². The van der Waals surface area contributed by atoms with Gasteiger partial charge in [0.2, 0.25) is 0 Å². The lowest BCUT2D eigenvalue weighted by Gasteiger charge is -2.36. The number of piperazine rings is 1. The number of fused-ring (bicyclic) bond motifs is 1. The van der Waals surface area contributed by atoms with Crippen molar-refractivity contribution in [2.45, 2.75) is 25.8 Å². The van der Waals surface area contributed by atoms with Gasteiger partial charge in [0.25, 0.3) is 5.91 Å². The summed E-state index contributed by atoms with van der Waals surface area (Å²) in [5, 5.41) is 4.25. The number of aromatic nitrogens is 4. The molecule has 6 rings (SSSR count). The van der Waals surface area contributed by atoms with Crippen LogP contribution in [0.3, 0.4) is 0 Å². The average Bonchev–Trinajstić information content (AvgIpc) is 3.44. The fourth-order valence-corrected chi connectivity index (χ4v) is 5.67. The highest BCUT2D eigenvalue weighted by molar-refractivity contribution is 6.34. The summed E-state index contributed by atoms with van der Waals surface area (Å²) in [7, 11) is 0. The molecule has 2 fully saturated rings. The Kier molecular flexibility index (Phi) is 7.34. The molecule has 39 heavy (non-hydrogen) atoms. The number of anilines is 2. The standard InChI is InChI=1S/C29H33ClN8O/c1-2-36-13-9-22(10-14-36)33-25-24(30)19-32-28-26(25)34-27(35-28)20-3-5-23(6-4-20)37-15-17-38(18-16-37)29(39)21-7-11-31-12-8-21/h3-8,11-12,19,22H,2,9-10,13-18H2,1H3,(H2,32,33,34,35). The van der Waals surface area contributed by atoms with E-state index in [4.69, 9.17) is 16.6 Å². The molecule has 10 heteroatoms. The number of nitrogens with zero attached hydrogens (tertiary/aromatic N) is 6. The SMILES string of the molecule is CCN1CCC(Nc2c(Cl)cnc3[nH]c(-c4ccc(N5CCN(C(=O)c6ccncc6)CC5)cc4)nc23)CC1. The number of likely N-dealkylation sites (tertiary alicyclic amines) is 1. The second-order valence-electron chi connectivity index (χ2n) is 10.2. The minimum absolute atomic E-state index is 0.0614. The molecular weight excluding hydrogens is 512 g/mol. The van der Waals surface area contributed by atoms with Crippen LogP contribution in [0.1, 0.15) is 30.1 Å². The van der Waals surface area contributed by atoms with Gasteiger partial charge in [-0.1, -0.05) is 18.5 Å². The van der Waals surface area contributed by atoms with Crippen LogP contribution in [0.5, 0.6) is 0 Å². The van der Waals surface area contributed by atoms with Crippen LogP contribution in [0.4, 0.5) is 11.4 Å². The maximum atomic E-state index is 12.8. The van der Waals surface area contributed by atoms with Crippen molar-refractivity contribution in [1.82, 2.24) is 29.7 Å². The first-order chi connectivity index (χ1) is 19.1. The molecule has 3 aromatic heterocycles. The van der Waals surface area contributed by atoms with Crippen molar-refractivity contribution < 1.29 is 4.79 Å². The quantitative estimate of drug-likeness (QED) is 0.368. The third kappa shape index (κ3) is 5.42. The third-order valence-electron chi connectivity index (χ3n) is 7.85. The molecule has 2 N–H and O–H groups in total. The number of hydrogen-bond acceptors (Lipinski definition) is 7. The molecular formula is C29H33ClN8O. The van der Waals surface area contributed by atoms with Crippen LogP contribution in [0.15, 0.2) is 55.0 Å². The topological polar surface area (TPSA) is 93.3 Å². The summed E-state index contributed by atoms with van der Waals surface area (Å²) < 4.78 is 0. The monoisotopic (exact) mass is 544 g/mol. The second-order valence-corrected chi connectivity index (χ2v) is 10.6. The number of amides is 1. The van der Waals surface area contributed by atoms with Gasteiger partial charge in [-0.05, 0) is 55.8 Å². The number of pyridine rings is 2. The van der Waals surface area contributed by atoms with Crippen molar-refractivity contribution in [3.05, 3.63) is 65.6 Å². The molecule has 1 amide bonds. The van der Waals surface area contributed by atoms with Crippen LogP contribution < -0.4 is 10.2 Å². The fraction of sp³-hybridized carbons (Fsp3) is 0.379. The van der Waals surface area contributed by atoms with Gasteiger partial charge in [0.1, 0.15) is 11.3 Å². The summed E-state index contributed by atoms with van der Waals surface area (Å²) in [4.78, 5) is 36.2. The average molecular weight is 545 g/mol. The molecule has 0 bridgehead atoms. The van der Waals surface area contributed by atoms with Crippen molar-refractivity contribution in [2.75, 3.05) is 56.0 Å². The lowest BCUT2D eigenvalue weighted by atomic mass is 10.0. The Morgan fingerprint density at radius 3 is 2.44 bits per heavy atom. The van der Waals surface area contributed by atoms with Crippen molar-refractivity contribution in [2.24, 2.45) is 0 Å². The highest BCUT2D eigenvalue weighted by Crippen LogP contribution is 2.32. The predicted octanol–water partition coefficient (Wildman–Crippen LogP) is 4.53. The van der Waals surface area contributed by atoms with Crippen molar-refractivity contribution in [1.29, 1.82) is 0 Å². The fourth-order valence-electron chi connectivity index (χ4n) is 5.48. The highest BCUT2D eigenvalue weighted by Gasteiger charge is 2.23. The molecule has 9 nitrogen and oxygen atoms in total. The molecule has 0 radical (unpaired) electrons. The van der Waals surface area contributed by atoms with Crippen LogP contribution >= 0.6 is 11.6 Å². The van der Waals surface area contributed by atoms with E-state index in [1.807, 2.05) is 4.90 Å². The van der Waals surface area contributed by atoms with Gasteiger partial charge in [-0.3, -0.25) is 9.78 Å². The van der Waals surface area contributed by atoms with E-state index < -0.39 is 0 Å². The number of carbonyl (C=O) groups is 1. The zero-order valence-electron chi connectivity index (χ0n) is 22.1. The molecule has 2 saturated heterocycles. The summed E-state index contributed by atoms with van der Waals surface area (Å²) >= 11 is 6.58. The van der Waals surface area contributed by atoms with Gasteiger partial charge in [-0.25, -0.2) is 9.97 Å². The maximum absolute atomic E-state index is 12.8. The van der Waals surface area contributed by atoms with Crippen LogP contribution in [0, 0.1) is 0 Å². The molecule has 1 aromatic carbocycles. The second kappa shape index (κ2) is 11.2. The van der Waals surface area contributed by atoms with E-state index >= 15 is 0 Å². The third-order valence-corrected chi connectivity index (χ3v) is 8.14. The molecule has 5 heterocycles. The molecule has 0 spiro atoms. The first kappa shape index (κ1) is 25.6. The first-order valence-electron chi connectivity index (χ1n) is 13.7. The summed E-state index contributed by atoms with van der Waals surface area (Å²) in [5.74, 6) is 0.828. The Bertz CT molecular complexity index is 1430. The van der Waals surface area contributed by atoms with Gasteiger partial charge in [-0.15, -0.1) is 0 Å². The number of H-pyrrole nitrogens is 1. The normalized spacial score (nSPS) is 17.1. The number of piperidine rings is 1. The highest BCUT2D eigenvalue weighted by atomic mass is 35.5. The molecule has 202 valence electrons. The predicted molar refractivity (Wildman–Crippen MR) is 155 cm³/mol. The minimum Gasteiger partial charge on any atom is -0.379 e. The Labute approximate surface area is 233 Å². The molecule has 0 aliphatic carbocycles. The lowest BCUT2D eigenvalue weighted by Crippen LogP contribution is -2.48. The largest absolute Gasteiger partial charge is 0.379 e. The Morgan fingerprint density at radius 2 is 1.74 bits per heavy atom. The maximum Gasteiger partial charge on any atom is 0.254 e. The Balaban J connectivity index is 1.13. The molecule has 2 aliphatic heterocycles. The number of carbonyl (C=O) groups excluding carboxylic acids is 1. The number of benzene rings is 1. The number of imidazole rings is 1. The van der Waals surface area contributed by atoms with E-state index in [1.165, 1.54) is 0 Å². The molecule has 4 aromatic rings. The number of hydrogen-bond donors (Lipinski definition) is 2. The van der Waals surface area contributed by atoms with E-state index in [2.05, 4.69) is 61.3 Å². The smallest absolute Gasteiger partial charge is 0.254 e. The van der Waals surface area contributed by atoms with E-state index in [0.29, 0.717) is 29.7 Å². The zero-order valence-corrected chi connectivity index (χ0v) is 22.9. The van der Waals surface area contributed by atoms with E-state index in [-0.39, 0.29) is 5.91 Å². The summed E-state index contributed by atoms with van der Waals surface area (Å²) in [5.41, 5.74) is 5.16. The zero-order chi connectivity index (χ0) is 26.8. The van der Waals surface area contributed by atoms with Crippen LogP contribution in [-0.4, -0.2) is 87.5 Å². The van der Waals surface area contributed by atoms with Crippen LogP contribution in [0.2, 0.25) is 5.02 Å². The molecule has 2 aliphatic rings. The summed E-state index contributed by atoms with van der Waals surface area (Å²) in [6.07, 6.45) is 7.17. The number of halogens is 1. The molecule has 0 saturated carbocycles. The lowest BCUT2D eigenvalue weighted by molar-refractivity contribution is 0.0746.